The molecule has 2 aromatic rings. The molecule has 0 radical (unpaired) electrons. The largest absolute Gasteiger partial charge is 0.497 e. The molecule has 0 saturated carbocycles. The Morgan fingerprint density at radius 2 is 2.27 bits per heavy atom. The van der Waals surface area contributed by atoms with Gasteiger partial charge in [0.2, 0.25) is 17.7 Å². The minimum Gasteiger partial charge on any atom is -0.497 e. The average molecular weight is 360 g/mol. The van der Waals surface area contributed by atoms with E-state index in [4.69, 9.17) is 14.0 Å². The number of nitrogens with zero attached hydrogens (tertiary/aromatic N) is 2. The minimum absolute atomic E-state index is 0.0878. The first kappa shape index (κ1) is 17.9. The first-order valence-corrected chi connectivity index (χ1v) is 8.16. The number of methoxy groups -OCH3 is 2. The van der Waals surface area contributed by atoms with Gasteiger partial charge in [0.1, 0.15) is 12.4 Å². The van der Waals surface area contributed by atoms with Gasteiger partial charge < -0.3 is 24.6 Å². The van der Waals surface area contributed by atoms with Gasteiger partial charge in [-0.3, -0.25) is 9.59 Å². The maximum absolute atomic E-state index is 12.6. The van der Waals surface area contributed by atoms with Crippen molar-refractivity contribution in [3.63, 3.8) is 0 Å². The molecule has 1 atom stereocenters. The second-order valence-corrected chi connectivity index (χ2v) is 5.84. The summed E-state index contributed by atoms with van der Waals surface area (Å²) in [7, 11) is 3.10. The summed E-state index contributed by atoms with van der Waals surface area (Å²) in [6.07, 6.45) is 0.483. The van der Waals surface area contributed by atoms with Crippen molar-refractivity contribution < 1.29 is 23.6 Å². The van der Waals surface area contributed by atoms with Gasteiger partial charge in [0.05, 0.1) is 13.0 Å². The van der Waals surface area contributed by atoms with Crippen LogP contribution in [0.5, 0.6) is 5.75 Å². The summed E-state index contributed by atoms with van der Waals surface area (Å²) in [6.45, 7) is 0.594. The van der Waals surface area contributed by atoms with Gasteiger partial charge in [-0.05, 0) is 23.8 Å². The second kappa shape index (κ2) is 7.96. The van der Waals surface area contributed by atoms with E-state index >= 15 is 0 Å². The highest BCUT2D eigenvalue weighted by molar-refractivity contribution is 6.01. The number of fused-ring (bicyclic) bond motifs is 1. The second-order valence-electron chi connectivity index (χ2n) is 5.84. The summed E-state index contributed by atoms with van der Waals surface area (Å²) in [5.74, 6) is 0.518. The molecule has 0 bridgehead atoms. The van der Waals surface area contributed by atoms with Crippen molar-refractivity contribution in [3.05, 3.63) is 35.5 Å². The SMILES string of the molecule is COCc1noc(CCNC(=O)[C@@H]2CC(=O)Nc3ccc(OC)cc32)n1. The van der Waals surface area contributed by atoms with E-state index in [2.05, 4.69) is 20.8 Å². The first-order chi connectivity index (χ1) is 12.6. The predicted molar refractivity (Wildman–Crippen MR) is 90.7 cm³/mol. The van der Waals surface area contributed by atoms with Crippen LogP contribution in [0, 0.1) is 0 Å². The van der Waals surface area contributed by atoms with Crippen molar-refractivity contribution in [1.29, 1.82) is 0 Å². The molecule has 0 aliphatic carbocycles. The maximum Gasteiger partial charge on any atom is 0.228 e. The van der Waals surface area contributed by atoms with Crippen LogP contribution in [0.2, 0.25) is 0 Å². The number of hydrogen-bond acceptors (Lipinski definition) is 7. The van der Waals surface area contributed by atoms with E-state index < -0.39 is 5.92 Å². The maximum atomic E-state index is 12.6. The summed E-state index contributed by atoms with van der Waals surface area (Å²) >= 11 is 0. The van der Waals surface area contributed by atoms with Crippen LogP contribution in [0.3, 0.4) is 0 Å². The van der Waals surface area contributed by atoms with Crippen molar-refractivity contribution in [1.82, 2.24) is 15.5 Å². The summed E-state index contributed by atoms with van der Waals surface area (Å²) in [5.41, 5.74) is 1.37. The smallest absolute Gasteiger partial charge is 0.228 e. The van der Waals surface area contributed by atoms with Gasteiger partial charge >= 0.3 is 0 Å². The highest BCUT2D eigenvalue weighted by Gasteiger charge is 2.31. The third-order valence-electron chi connectivity index (χ3n) is 4.04. The monoisotopic (exact) mass is 360 g/mol. The summed E-state index contributed by atoms with van der Waals surface area (Å²) in [6, 6.07) is 5.25. The zero-order valence-electron chi connectivity index (χ0n) is 14.6. The van der Waals surface area contributed by atoms with E-state index in [0.717, 1.165) is 5.56 Å². The molecule has 0 saturated heterocycles. The number of anilines is 1. The Morgan fingerprint density at radius 1 is 1.42 bits per heavy atom. The van der Waals surface area contributed by atoms with E-state index in [9.17, 15) is 9.59 Å². The predicted octanol–water partition coefficient (Wildman–Crippen LogP) is 1.01. The van der Waals surface area contributed by atoms with Crippen LogP contribution in [0.15, 0.2) is 22.7 Å². The molecule has 0 unspecified atom stereocenters. The lowest BCUT2D eigenvalue weighted by Gasteiger charge is -2.25. The Balaban J connectivity index is 1.63. The average Bonchev–Trinajstić information content (AvgIpc) is 3.08. The number of rotatable bonds is 7. The third kappa shape index (κ3) is 3.99. The lowest BCUT2D eigenvalue weighted by atomic mass is 9.89. The highest BCUT2D eigenvalue weighted by Crippen LogP contribution is 2.34. The van der Waals surface area contributed by atoms with Crippen LogP contribution in [0.1, 0.15) is 29.6 Å². The molecule has 0 spiro atoms. The molecule has 3 rings (SSSR count). The number of hydrogen-bond donors (Lipinski definition) is 2. The van der Waals surface area contributed by atoms with Crippen LogP contribution in [-0.4, -0.2) is 42.7 Å². The fourth-order valence-electron chi connectivity index (χ4n) is 2.80. The molecule has 1 aromatic heterocycles. The van der Waals surface area contributed by atoms with Crippen LogP contribution >= 0.6 is 0 Å². The topological polar surface area (TPSA) is 116 Å². The minimum atomic E-state index is -0.569. The molecular formula is C17H20N4O5. The van der Waals surface area contributed by atoms with Gasteiger partial charge in [-0.1, -0.05) is 5.16 Å². The number of carbonyl (C=O) groups excluding carboxylic acids is 2. The lowest BCUT2D eigenvalue weighted by molar-refractivity contribution is -0.126. The van der Waals surface area contributed by atoms with Crippen LogP contribution < -0.4 is 15.4 Å². The van der Waals surface area contributed by atoms with E-state index in [1.54, 1.807) is 32.4 Å². The van der Waals surface area contributed by atoms with Crippen molar-refractivity contribution in [2.75, 3.05) is 26.1 Å². The zero-order chi connectivity index (χ0) is 18.5. The third-order valence-corrected chi connectivity index (χ3v) is 4.04. The molecule has 0 fully saturated rings. The Labute approximate surface area is 150 Å². The number of nitrogens with one attached hydrogen (secondary N) is 2. The molecule has 1 aliphatic heterocycles. The fourth-order valence-corrected chi connectivity index (χ4v) is 2.80. The Bertz CT molecular complexity index is 804. The quantitative estimate of drug-likeness (QED) is 0.757. The summed E-state index contributed by atoms with van der Waals surface area (Å²) in [4.78, 5) is 28.6. The molecule has 138 valence electrons. The van der Waals surface area contributed by atoms with Crippen molar-refractivity contribution in [2.24, 2.45) is 0 Å². The highest BCUT2D eigenvalue weighted by atomic mass is 16.5. The molecule has 2 heterocycles. The van der Waals surface area contributed by atoms with E-state index in [-0.39, 0.29) is 24.8 Å². The van der Waals surface area contributed by atoms with Crippen molar-refractivity contribution in [2.45, 2.75) is 25.4 Å². The summed E-state index contributed by atoms with van der Waals surface area (Å²) in [5, 5.41) is 9.36. The molecule has 2 N–H and O–H groups in total. The van der Waals surface area contributed by atoms with Crippen LogP contribution in [0.4, 0.5) is 5.69 Å². The van der Waals surface area contributed by atoms with E-state index in [0.29, 0.717) is 36.1 Å². The number of benzene rings is 1. The van der Waals surface area contributed by atoms with Gasteiger partial charge in [0, 0.05) is 32.2 Å². The van der Waals surface area contributed by atoms with Gasteiger partial charge in [0.15, 0.2) is 5.82 Å². The fraction of sp³-hybridized carbons (Fsp3) is 0.412. The number of aromatic nitrogens is 2. The first-order valence-electron chi connectivity index (χ1n) is 8.16. The van der Waals surface area contributed by atoms with Gasteiger partial charge in [-0.2, -0.15) is 4.98 Å². The number of ether oxygens (including phenoxy) is 2. The normalized spacial score (nSPS) is 15.9. The molecular weight excluding hydrogens is 340 g/mol. The van der Waals surface area contributed by atoms with Crippen LogP contribution in [-0.2, 0) is 27.4 Å². The molecule has 26 heavy (non-hydrogen) atoms. The van der Waals surface area contributed by atoms with Crippen molar-refractivity contribution in [3.8, 4) is 5.75 Å². The van der Waals surface area contributed by atoms with Gasteiger partial charge in [-0.25, -0.2) is 0 Å². The lowest BCUT2D eigenvalue weighted by Crippen LogP contribution is -2.36. The number of carbonyl (C=O) groups is 2. The zero-order valence-corrected chi connectivity index (χ0v) is 14.6. The molecule has 1 aliphatic rings. The van der Waals surface area contributed by atoms with Crippen molar-refractivity contribution >= 4 is 17.5 Å². The molecule has 2 amide bonds. The van der Waals surface area contributed by atoms with E-state index in [1.807, 2.05) is 0 Å². The van der Waals surface area contributed by atoms with Gasteiger partial charge in [-0.15, -0.1) is 0 Å². The Hall–Kier alpha value is -2.94. The molecule has 1 aromatic carbocycles. The Morgan fingerprint density at radius 3 is 3.04 bits per heavy atom. The van der Waals surface area contributed by atoms with E-state index in [1.165, 1.54) is 0 Å². The molecule has 9 heteroatoms. The standard InChI is InChI=1S/C17H20N4O5/c1-24-9-14-20-16(26-21-14)5-6-18-17(23)12-8-15(22)19-13-4-3-10(25-2)7-11(12)13/h3-4,7,12H,5-6,8-9H2,1-2H3,(H,18,23)(H,19,22)/t12-/m1/s1. The van der Waals surface area contributed by atoms with Gasteiger partial charge in [0.25, 0.3) is 0 Å². The molecule has 9 nitrogen and oxygen atoms in total. The Kier molecular flexibility index (Phi) is 5.47. The summed E-state index contributed by atoms with van der Waals surface area (Å²) < 4.78 is 15.2. The van der Waals surface area contributed by atoms with Crippen LogP contribution in [0.25, 0.3) is 0 Å². The number of amides is 2.